The number of hydrogen-bond donors (Lipinski definition) is 2. The number of anilines is 1. The second kappa shape index (κ2) is 4.70. The van der Waals surface area contributed by atoms with E-state index in [1.807, 2.05) is 0 Å². The first-order valence-corrected chi connectivity index (χ1v) is 5.67. The summed E-state index contributed by atoms with van der Waals surface area (Å²) in [5.74, 6) is 0.380. The maximum absolute atomic E-state index is 10.8. The minimum absolute atomic E-state index is 0.161. The highest BCUT2D eigenvalue weighted by atomic mass is 35.5. The topological polar surface area (TPSA) is 62.2 Å². The molecule has 2 N–H and O–H groups in total. The first-order chi connectivity index (χ1) is 7.65. The number of rotatable bonds is 5. The number of nitrogens with zero attached hydrogens (tertiary/aromatic N) is 1. The highest BCUT2D eigenvalue weighted by molar-refractivity contribution is 6.29. The largest absolute Gasteiger partial charge is 0.478 e. The van der Waals surface area contributed by atoms with Gasteiger partial charge in [-0.1, -0.05) is 24.4 Å². The van der Waals surface area contributed by atoms with Crippen LogP contribution < -0.4 is 5.32 Å². The van der Waals surface area contributed by atoms with Gasteiger partial charge in [0.05, 0.1) is 5.56 Å². The van der Waals surface area contributed by atoms with Crippen molar-refractivity contribution in [3.8, 4) is 0 Å². The predicted octanol–water partition coefficient (Wildman–Crippen LogP) is 2.65. The highest BCUT2D eigenvalue weighted by Crippen LogP contribution is 2.32. The number of halogens is 1. The summed E-state index contributed by atoms with van der Waals surface area (Å²) in [6.07, 6.45) is 3.73. The van der Waals surface area contributed by atoms with E-state index in [0.717, 1.165) is 18.9 Å². The minimum atomic E-state index is -0.991. The van der Waals surface area contributed by atoms with Crippen LogP contribution in [0.25, 0.3) is 0 Å². The fraction of sp³-hybridized carbons (Fsp3) is 0.455. The molecule has 2 rings (SSSR count). The van der Waals surface area contributed by atoms with Gasteiger partial charge < -0.3 is 10.4 Å². The highest BCUT2D eigenvalue weighted by Gasteiger charge is 2.20. The average Bonchev–Trinajstić information content (AvgIpc) is 3.01. The summed E-state index contributed by atoms with van der Waals surface area (Å²) < 4.78 is 0. The maximum Gasteiger partial charge on any atom is 0.335 e. The summed E-state index contributed by atoms with van der Waals surface area (Å²) in [5.41, 5.74) is 0.161. The lowest BCUT2D eigenvalue weighted by molar-refractivity contribution is 0.0697. The van der Waals surface area contributed by atoms with Crippen molar-refractivity contribution in [3.05, 3.63) is 22.8 Å². The molecule has 0 bridgehead atoms. The number of carboxylic acid groups (broad SMARTS) is 1. The summed E-state index contributed by atoms with van der Waals surface area (Å²) in [4.78, 5) is 14.8. The lowest BCUT2D eigenvalue weighted by Crippen LogP contribution is -2.06. The van der Waals surface area contributed by atoms with E-state index in [2.05, 4.69) is 10.3 Å². The first-order valence-electron chi connectivity index (χ1n) is 5.30. The number of aromatic nitrogens is 1. The minimum Gasteiger partial charge on any atom is -0.478 e. The zero-order valence-electron chi connectivity index (χ0n) is 8.74. The Bertz CT molecular complexity index is 405. The number of hydrogen-bond acceptors (Lipinski definition) is 3. The smallest absolute Gasteiger partial charge is 0.335 e. The molecule has 0 unspecified atom stereocenters. The zero-order valence-corrected chi connectivity index (χ0v) is 9.50. The Morgan fingerprint density at radius 1 is 1.56 bits per heavy atom. The lowest BCUT2D eigenvalue weighted by atomic mass is 10.2. The standard InChI is InChI=1S/C11H13ClN2O2/c12-9-5-8(11(15)16)6-10(14-9)13-4-3-7-1-2-7/h5-7H,1-4H2,(H,13,14)(H,15,16). The van der Waals surface area contributed by atoms with E-state index in [-0.39, 0.29) is 10.7 Å². The molecule has 0 amide bonds. The van der Waals surface area contributed by atoms with Crippen LogP contribution in [-0.4, -0.2) is 22.6 Å². The van der Waals surface area contributed by atoms with Crippen LogP contribution >= 0.6 is 11.6 Å². The quantitative estimate of drug-likeness (QED) is 0.777. The SMILES string of the molecule is O=C(O)c1cc(Cl)nc(NCCC2CC2)c1. The van der Waals surface area contributed by atoms with Crippen molar-refractivity contribution >= 4 is 23.4 Å². The predicted molar refractivity (Wildman–Crippen MR) is 62.0 cm³/mol. The van der Waals surface area contributed by atoms with Gasteiger partial charge >= 0.3 is 5.97 Å². The summed E-state index contributed by atoms with van der Waals surface area (Å²) in [7, 11) is 0. The second-order valence-electron chi connectivity index (χ2n) is 4.03. The van der Waals surface area contributed by atoms with Gasteiger partial charge in [0.1, 0.15) is 11.0 Å². The van der Waals surface area contributed by atoms with Crippen molar-refractivity contribution < 1.29 is 9.90 Å². The van der Waals surface area contributed by atoms with E-state index >= 15 is 0 Å². The van der Waals surface area contributed by atoms with E-state index in [1.54, 1.807) is 0 Å². The fourth-order valence-corrected chi connectivity index (χ4v) is 1.73. The molecule has 0 radical (unpaired) electrons. The third kappa shape index (κ3) is 3.10. The Balaban J connectivity index is 1.98. The molecule has 5 heteroatoms. The Morgan fingerprint density at radius 3 is 2.94 bits per heavy atom. The Hall–Kier alpha value is -1.29. The van der Waals surface area contributed by atoms with Crippen LogP contribution in [0.15, 0.2) is 12.1 Å². The fourth-order valence-electron chi connectivity index (χ4n) is 1.52. The molecule has 86 valence electrons. The molecule has 0 atom stereocenters. The van der Waals surface area contributed by atoms with Gasteiger partial charge in [0, 0.05) is 6.54 Å². The van der Waals surface area contributed by atoms with Gasteiger partial charge in [-0.2, -0.15) is 0 Å². The molecule has 1 aromatic rings. The van der Waals surface area contributed by atoms with Crippen LogP contribution in [0.5, 0.6) is 0 Å². The van der Waals surface area contributed by atoms with Crippen molar-refractivity contribution in [2.24, 2.45) is 5.92 Å². The lowest BCUT2D eigenvalue weighted by Gasteiger charge is -2.06. The molecule has 1 aliphatic rings. The van der Waals surface area contributed by atoms with Crippen LogP contribution in [0, 0.1) is 5.92 Å². The van der Waals surface area contributed by atoms with Crippen molar-refractivity contribution in [2.45, 2.75) is 19.3 Å². The maximum atomic E-state index is 10.8. The van der Waals surface area contributed by atoms with Crippen molar-refractivity contribution in [2.75, 3.05) is 11.9 Å². The molecule has 1 heterocycles. The summed E-state index contributed by atoms with van der Waals surface area (Å²) in [6.45, 7) is 0.817. The second-order valence-corrected chi connectivity index (χ2v) is 4.42. The molecular formula is C11H13ClN2O2. The Morgan fingerprint density at radius 2 is 2.31 bits per heavy atom. The van der Waals surface area contributed by atoms with Gasteiger partial charge in [0.25, 0.3) is 0 Å². The molecule has 0 spiro atoms. The molecule has 4 nitrogen and oxygen atoms in total. The van der Waals surface area contributed by atoms with E-state index in [1.165, 1.54) is 25.0 Å². The van der Waals surface area contributed by atoms with Crippen molar-refractivity contribution in [1.29, 1.82) is 0 Å². The average molecular weight is 241 g/mol. The number of pyridine rings is 1. The Kier molecular flexibility index (Phi) is 3.29. The van der Waals surface area contributed by atoms with Gasteiger partial charge in [-0.05, 0) is 24.5 Å². The van der Waals surface area contributed by atoms with E-state index in [0.29, 0.717) is 5.82 Å². The van der Waals surface area contributed by atoms with Gasteiger partial charge in [0.15, 0.2) is 0 Å². The molecule has 1 aromatic heterocycles. The van der Waals surface area contributed by atoms with Crippen LogP contribution in [0.4, 0.5) is 5.82 Å². The summed E-state index contributed by atoms with van der Waals surface area (Å²) >= 11 is 5.73. The van der Waals surface area contributed by atoms with Crippen LogP contribution in [-0.2, 0) is 0 Å². The van der Waals surface area contributed by atoms with E-state index in [9.17, 15) is 4.79 Å². The normalized spacial score (nSPS) is 14.8. The summed E-state index contributed by atoms with van der Waals surface area (Å²) in [5, 5.41) is 12.1. The summed E-state index contributed by atoms with van der Waals surface area (Å²) in [6, 6.07) is 2.84. The molecule has 0 aromatic carbocycles. The van der Waals surface area contributed by atoms with E-state index < -0.39 is 5.97 Å². The van der Waals surface area contributed by atoms with Crippen molar-refractivity contribution in [1.82, 2.24) is 4.98 Å². The number of aromatic carboxylic acids is 1. The van der Waals surface area contributed by atoms with Gasteiger partial charge in [-0.3, -0.25) is 0 Å². The van der Waals surface area contributed by atoms with E-state index in [4.69, 9.17) is 16.7 Å². The number of carboxylic acids is 1. The first kappa shape index (κ1) is 11.2. The van der Waals surface area contributed by atoms with Gasteiger partial charge in [-0.25, -0.2) is 9.78 Å². The van der Waals surface area contributed by atoms with Crippen molar-refractivity contribution in [3.63, 3.8) is 0 Å². The van der Waals surface area contributed by atoms with Crippen LogP contribution in [0.1, 0.15) is 29.6 Å². The molecule has 16 heavy (non-hydrogen) atoms. The number of nitrogens with one attached hydrogen (secondary N) is 1. The van der Waals surface area contributed by atoms with Gasteiger partial charge in [-0.15, -0.1) is 0 Å². The molecule has 0 saturated heterocycles. The molecular weight excluding hydrogens is 228 g/mol. The number of carbonyl (C=O) groups is 1. The monoisotopic (exact) mass is 240 g/mol. The molecule has 1 saturated carbocycles. The molecule has 0 aliphatic heterocycles. The zero-order chi connectivity index (χ0) is 11.5. The molecule has 1 aliphatic carbocycles. The van der Waals surface area contributed by atoms with Gasteiger partial charge in [0.2, 0.25) is 0 Å². The van der Waals surface area contributed by atoms with Crippen LogP contribution in [0.2, 0.25) is 5.15 Å². The van der Waals surface area contributed by atoms with Crippen LogP contribution in [0.3, 0.4) is 0 Å². The molecule has 1 fully saturated rings. The third-order valence-corrected chi connectivity index (χ3v) is 2.79. The Labute approximate surface area is 98.6 Å². The third-order valence-electron chi connectivity index (χ3n) is 2.60.